The predicted molar refractivity (Wildman–Crippen MR) is 77.5 cm³/mol. The summed E-state index contributed by atoms with van der Waals surface area (Å²) in [5.41, 5.74) is 1.50. The van der Waals surface area contributed by atoms with E-state index in [4.69, 9.17) is 11.6 Å². The molecule has 96 valence electrons. The molecule has 1 aromatic heterocycles. The third-order valence-electron chi connectivity index (χ3n) is 2.29. The summed E-state index contributed by atoms with van der Waals surface area (Å²) < 4.78 is 0. The maximum Gasteiger partial charge on any atom is 0.192 e. The van der Waals surface area contributed by atoms with Gasteiger partial charge in [-0.2, -0.15) is 0 Å². The summed E-state index contributed by atoms with van der Waals surface area (Å²) >= 11 is 7.08. The number of hydrogen-bond donors (Lipinski definition) is 0. The summed E-state index contributed by atoms with van der Waals surface area (Å²) in [6, 6.07) is 8.61. The molecule has 2 aromatic rings. The largest absolute Gasteiger partial charge is 0.289 e. The molecule has 19 heavy (non-hydrogen) atoms. The van der Waals surface area contributed by atoms with Crippen LogP contribution in [0.4, 0.5) is 0 Å². The van der Waals surface area contributed by atoms with Crippen molar-refractivity contribution in [3.8, 4) is 0 Å². The Balaban J connectivity index is 1.99. The zero-order chi connectivity index (χ0) is 13.7. The van der Waals surface area contributed by atoms with E-state index in [1.54, 1.807) is 35.9 Å². The van der Waals surface area contributed by atoms with E-state index in [0.717, 1.165) is 5.69 Å². The fourth-order valence-electron chi connectivity index (χ4n) is 1.35. The molecule has 0 aliphatic heterocycles. The SMILES string of the molecule is Cc1ccnc(S/C=C/C(=O)c2ccc(Cl)cc2)n1. The molecule has 1 heterocycles. The number of nitrogens with zero attached hydrogens (tertiary/aromatic N) is 2. The number of ketones is 1. The molecule has 0 bridgehead atoms. The number of rotatable bonds is 4. The molecule has 0 amide bonds. The highest BCUT2D eigenvalue weighted by Crippen LogP contribution is 2.15. The van der Waals surface area contributed by atoms with E-state index in [-0.39, 0.29) is 5.78 Å². The first kappa shape index (κ1) is 13.8. The van der Waals surface area contributed by atoms with E-state index in [0.29, 0.717) is 15.7 Å². The number of carbonyl (C=O) groups is 1. The van der Waals surface area contributed by atoms with Crippen molar-refractivity contribution in [2.24, 2.45) is 0 Å². The number of allylic oxidation sites excluding steroid dienone is 1. The van der Waals surface area contributed by atoms with Crippen LogP contribution in [0, 0.1) is 6.92 Å². The lowest BCUT2D eigenvalue weighted by molar-refractivity contribution is 0.104. The smallest absolute Gasteiger partial charge is 0.192 e. The fourth-order valence-corrected chi connectivity index (χ4v) is 2.11. The van der Waals surface area contributed by atoms with Gasteiger partial charge in [0.15, 0.2) is 10.9 Å². The van der Waals surface area contributed by atoms with Crippen LogP contribution in [0.2, 0.25) is 5.02 Å². The van der Waals surface area contributed by atoms with Crippen LogP contribution in [-0.2, 0) is 0 Å². The Morgan fingerprint density at radius 2 is 2.00 bits per heavy atom. The second-order valence-corrected chi connectivity index (χ2v) is 5.08. The number of thioether (sulfide) groups is 1. The molecule has 0 N–H and O–H groups in total. The Bertz CT molecular complexity index is 611. The zero-order valence-corrected chi connectivity index (χ0v) is 11.8. The lowest BCUT2D eigenvalue weighted by Gasteiger charge is -1.96. The van der Waals surface area contributed by atoms with Crippen molar-refractivity contribution >= 4 is 29.1 Å². The summed E-state index contributed by atoms with van der Waals surface area (Å²) in [6.45, 7) is 1.90. The lowest BCUT2D eigenvalue weighted by Crippen LogP contribution is -1.93. The molecule has 2 rings (SSSR count). The van der Waals surface area contributed by atoms with E-state index in [1.165, 1.54) is 17.8 Å². The summed E-state index contributed by atoms with van der Waals surface area (Å²) in [5, 5.41) is 2.93. The van der Waals surface area contributed by atoms with E-state index in [2.05, 4.69) is 9.97 Å². The summed E-state index contributed by atoms with van der Waals surface area (Å²) in [5.74, 6) is -0.0724. The number of aromatic nitrogens is 2. The van der Waals surface area contributed by atoms with Crippen molar-refractivity contribution in [3.63, 3.8) is 0 Å². The molecule has 5 heteroatoms. The van der Waals surface area contributed by atoms with Gasteiger partial charge >= 0.3 is 0 Å². The Morgan fingerprint density at radius 1 is 1.26 bits per heavy atom. The monoisotopic (exact) mass is 290 g/mol. The molecule has 3 nitrogen and oxygen atoms in total. The standard InChI is InChI=1S/C14H11ClN2OS/c1-10-6-8-16-14(17-10)19-9-7-13(18)11-2-4-12(15)5-3-11/h2-9H,1H3/b9-7+. The minimum absolute atomic E-state index is 0.0724. The first-order valence-corrected chi connectivity index (χ1v) is 6.83. The second-order valence-electron chi connectivity index (χ2n) is 3.77. The van der Waals surface area contributed by atoms with Crippen molar-refractivity contribution in [3.05, 3.63) is 64.3 Å². The number of carbonyl (C=O) groups excluding carboxylic acids is 1. The van der Waals surface area contributed by atoms with Gasteiger partial charge in [-0.15, -0.1) is 0 Å². The molecular weight excluding hydrogens is 280 g/mol. The Morgan fingerprint density at radius 3 is 2.68 bits per heavy atom. The van der Waals surface area contributed by atoms with Crippen molar-refractivity contribution in [2.75, 3.05) is 0 Å². The van der Waals surface area contributed by atoms with Crippen molar-refractivity contribution in [1.29, 1.82) is 0 Å². The number of benzene rings is 1. The number of aryl methyl sites for hydroxylation is 1. The summed E-state index contributed by atoms with van der Waals surface area (Å²) in [7, 11) is 0. The maximum atomic E-state index is 11.8. The van der Waals surface area contributed by atoms with Crippen LogP contribution in [0.1, 0.15) is 16.1 Å². The van der Waals surface area contributed by atoms with Crippen LogP contribution in [0.5, 0.6) is 0 Å². The van der Waals surface area contributed by atoms with Gasteiger partial charge < -0.3 is 0 Å². The van der Waals surface area contributed by atoms with Crippen LogP contribution in [0.15, 0.2) is 53.2 Å². The van der Waals surface area contributed by atoms with Crippen molar-refractivity contribution in [1.82, 2.24) is 9.97 Å². The van der Waals surface area contributed by atoms with Crippen LogP contribution in [0.25, 0.3) is 0 Å². The van der Waals surface area contributed by atoms with Gasteiger partial charge in [-0.05, 0) is 48.7 Å². The molecule has 0 aliphatic rings. The molecule has 0 atom stereocenters. The number of halogens is 1. The molecule has 0 unspecified atom stereocenters. The third kappa shape index (κ3) is 4.19. The first-order chi connectivity index (χ1) is 9.15. The highest BCUT2D eigenvalue weighted by molar-refractivity contribution is 8.02. The van der Waals surface area contributed by atoms with Gasteiger partial charge in [0.2, 0.25) is 0 Å². The molecule has 0 saturated heterocycles. The van der Waals surface area contributed by atoms with E-state index in [9.17, 15) is 4.79 Å². The topological polar surface area (TPSA) is 42.9 Å². The Hall–Kier alpha value is -1.65. The highest BCUT2D eigenvalue weighted by Gasteiger charge is 2.01. The lowest BCUT2D eigenvalue weighted by atomic mass is 10.1. The van der Waals surface area contributed by atoms with E-state index < -0.39 is 0 Å². The van der Waals surface area contributed by atoms with E-state index >= 15 is 0 Å². The molecule has 0 aliphatic carbocycles. The van der Waals surface area contributed by atoms with Gasteiger partial charge in [0.25, 0.3) is 0 Å². The van der Waals surface area contributed by atoms with E-state index in [1.807, 2.05) is 13.0 Å². The van der Waals surface area contributed by atoms with Gasteiger partial charge in [0.05, 0.1) is 0 Å². The van der Waals surface area contributed by atoms with Gasteiger partial charge in [0.1, 0.15) is 0 Å². The van der Waals surface area contributed by atoms with Crippen LogP contribution >= 0.6 is 23.4 Å². The zero-order valence-electron chi connectivity index (χ0n) is 10.2. The fraction of sp³-hybridized carbons (Fsp3) is 0.0714. The summed E-state index contributed by atoms with van der Waals surface area (Å²) in [6.07, 6.45) is 3.19. The van der Waals surface area contributed by atoms with Gasteiger partial charge in [-0.3, -0.25) is 4.79 Å². The summed E-state index contributed by atoms with van der Waals surface area (Å²) in [4.78, 5) is 20.1. The Kier molecular flexibility index (Phi) is 4.71. The van der Waals surface area contributed by atoms with Crippen molar-refractivity contribution in [2.45, 2.75) is 12.1 Å². The van der Waals surface area contributed by atoms with Crippen molar-refractivity contribution < 1.29 is 4.79 Å². The minimum atomic E-state index is -0.0724. The van der Waals surface area contributed by atoms with Gasteiger partial charge in [-0.25, -0.2) is 9.97 Å². The Labute approximate surface area is 120 Å². The molecule has 1 aromatic carbocycles. The van der Waals surface area contributed by atoms with Gasteiger partial charge in [-0.1, -0.05) is 23.4 Å². The maximum absolute atomic E-state index is 11.8. The normalized spacial score (nSPS) is 10.8. The van der Waals surface area contributed by atoms with Crippen LogP contribution < -0.4 is 0 Å². The quantitative estimate of drug-likeness (QED) is 0.370. The number of hydrogen-bond acceptors (Lipinski definition) is 4. The predicted octanol–water partition coefficient (Wildman–Crippen LogP) is 3.93. The molecule has 0 radical (unpaired) electrons. The van der Waals surface area contributed by atoms with Crippen LogP contribution in [0.3, 0.4) is 0 Å². The highest BCUT2D eigenvalue weighted by atomic mass is 35.5. The first-order valence-electron chi connectivity index (χ1n) is 5.58. The third-order valence-corrected chi connectivity index (χ3v) is 3.23. The molecule has 0 saturated carbocycles. The second kappa shape index (κ2) is 6.50. The van der Waals surface area contributed by atoms with Gasteiger partial charge in [0, 0.05) is 22.5 Å². The van der Waals surface area contributed by atoms with Crippen LogP contribution in [-0.4, -0.2) is 15.8 Å². The molecular formula is C14H11ClN2OS. The molecule has 0 spiro atoms. The molecule has 0 fully saturated rings. The minimum Gasteiger partial charge on any atom is -0.289 e. The average molecular weight is 291 g/mol. The average Bonchev–Trinajstić information content (AvgIpc) is 2.39.